The Morgan fingerprint density at radius 3 is 2.96 bits per heavy atom. The molecule has 2 heterocycles. The Balaban J connectivity index is 1.54. The minimum absolute atomic E-state index is 0.212. The first-order valence-corrected chi connectivity index (χ1v) is 9.75. The molecule has 2 amide bonds. The SMILES string of the molecule is COC(=O)Nc1nc2c(s1)CN(C(=O)CSC1CCCC1)CC2. The average Bonchev–Trinajstić information content (AvgIpc) is 3.20. The van der Waals surface area contributed by atoms with Crippen LogP contribution < -0.4 is 5.32 Å². The van der Waals surface area contributed by atoms with Crippen LogP contribution in [0.3, 0.4) is 0 Å². The van der Waals surface area contributed by atoms with Gasteiger partial charge < -0.3 is 9.64 Å². The first-order chi connectivity index (χ1) is 11.2. The van der Waals surface area contributed by atoms with Crippen LogP contribution in [0, 0.1) is 0 Å². The molecule has 1 fully saturated rings. The van der Waals surface area contributed by atoms with Gasteiger partial charge in [-0.3, -0.25) is 10.1 Å². The largest absolute Gasteiger partial charge is 0.453 e. The fourth-order valence-electron chi connectivity index (χ4n) is 2.94. The maximum absolute atomic E-state index is 12.4. The lowest BCUT2D eigenvalue weighted by atomic mass is 10.2. The van der Waals surface area contributed by atoms with Gasteiger partial charge in [0.25, 0.3) is 0 Å². The fourth-order valence-corrected chi connectivity index (χ4v) is 5.17. The fraction of sp³-hybridized carbons (Fsp3) is 0.667. The predicted molar refractivity (Wildman–Crippen MR) is 92.0 cm³/mol. The van der Waals surface area contributed by atoms with Crippen molar-refractivity contribution in [1.29, 1.82) is 0 Å². The summed E-state index contributed by atoms with van der Waals surface area (Å²) in [6.45, 7) is 1.30. The Hall–Kier alpha value is -1.28. The first kappa shape index (κ1) is 16.6. The smallest absolute Gasteiger partial charge is 0.413 e. The second kappa shape index (κ2) is 7.53. The van der Waals surface area contributed by atoms with Crippen molar-refractivity contribution in [2.75, 3.05) is 24.7 Å². The number of thiazole rings is 1. The number of amides is 2. The summed E-state index contributed by atoms with van der Waals surface area (Å²) >= 11 is 3.23. The highest BCUT2D eigenvalue weighted by atomic mass is 32.2. The minimum atomic E-state index is -0.517. The van der Waals surface area contributed by atoms with Crippen LogP contribution in [-0.4, -0.2) is 46.5 Å². The third-order valence-corrected chi connectivity index (χ3v) is 6.58. The zero-order chi connectivity index (χ0) is 16.2. The Kier molecular flexibility index (Phi) is 5.42. The summed E-state index contributed by atoms with van der Waals surface area (Å²) in [5.74, 6) is 0.787. The molecular weight excluding hydrogens is 334 g/mol. The minimum Gasteiger partial charge on any atom is -0.453 e. The Bertz CT molecular complexity index is 585. The zero-order valence-electron chi connectivity index (χ0n) is 13.2. The Morgan fingerprint density at radius 1 is 1.43 bits per heavy atom. The number of carbonyl (C=O) groups excluding carboxylic acids is 2. The molecule has 1 aliphatic heterocycles. The van der Waals surface area contributed by atoms with E-state index in [-0.39, 0.29) is 5.91 Å². The number of rotatable bonds is 4. The second-order valence-corrected chi connectivity index (χ2v) is 8.16. The standard InChI is InChI=1S/C15H21N3O3S2/c1-21-15(20)17-14-16-11-6-7-18(8-12(11)23-14)13(19)9-22-10-4-2-3-5-10/h10H,2-9H2,1H3,(H,16,17,20). The molecule has 1 aliphatic carbocycles. The first-order valence-electron chi connectivity index (χ1n) is 7.88. The van der Waals surface area contributed by atoms with Crippen molar-refractivity contribution in [3.8, 4) is 0 Å². The van der Waals surface area contributed by atoms with Crippen LogP contribution >= 0.6 is 23.1 Å². The molecule has 0 atom stereocenters. The highest BCUT2D eigenvalue weighted by molar-refractivity contribution is 8.00. The van der Waals surface area contributed by atoms with E-state index in [2.05, 4.69) is 15.0 Å². The van der Waals surface area contributed by atoms with Gasteiger partial charge in [-0.1, -0.05) is 24.2 Å². The van der Waals surface area contributed by atoms with Crippen LogP contribution in [-0.2, 0) is 22.5 Å². The molecule has 0 spiro atoms. The lowest BCUT2D eigenvalue weighted by Gasteiger charge is -2.26. The third-order valence-electron chi connectivity index (χ3n) is 4.22. The van der Waals surface area contributed by atoms with Gasteiger partial charge in [0.15, 0.2) is 5.13 Å². The van der Waals surface area contributed by atoms with Crippen molar-refractivity contribution < 1.29 is 14.3 Å². The van der Waals surface area contributed by atoms with Crippen molar-refractivity contribution >= 4 is 40.2 Å². The van der Waals surface area contributed by atoms with Gasteiger partial charge in [-0.25, -0.2) is 9.78 Å². The van der Waals surface area contributed by atoms with E-state index in [0.29, 0.717) is 29.2 Å². The molecule has 0 unspecified atom stereocenters. The van der Waals surface area contributed by atoms with Crippen molar-refractivity contribution in [3.05, 3.63) is 10.6 Å². The summed E-state index contributed by atoms with van der Waals surface area (Å²) in [5.41, 5.74) is 0.980. The molecule has 1 aromatic rings. The second-order valence-electron chi connectivity index (χ2n) is 5.79. The molecule has 0 radical (unpaired) electrons. The van der Waals surface area contributed by atoms with Crippen LogP contribution in [0.4, 0.5) is 9.93 Å². The number of ether oxygens (including phenoxy) is 1. The van der Waals surface area contributed by atoms with Gasteiger partial charge in [0.1, 0.15) is 0 Å². The molecule has 0 saturated heterocycles. The number of thioether (sulfide) groups is 1. The topological polar surface area (TPSA) is 71.5 Å². The number of hydrogen-bond acceptors (Lipinski definition) is 6. The predicted octanol–water partition coefficient (Wildman–Crippen LogP) is 2.88. The van der Waals surface area contributed by atoms with E-state index in [1.807, 2.05) is 4.90 Å². The van der Waals surface area contributed by atoms with Gasteiger partial charge in [-0.2, -0.15) is 0 Å². The number of fused-ring (bicyclic) bond motifs is 1. The molecule has 0 aromatic carbocycles. The monoisotopic (exact) mass is 355 g/mol. The van der Waals surface area contributed by atoms with Crippen LogP contribution in [0.1, 0.15) is 36.3 Å². The third kappa shape index (κ3) is 4.17. The summed E-state index contributed by atoms with van der Waals surface area (Å²) in [4.78, 5) is 31.0. The van der Waals surface area contributed by atoms with Gasteiger partial charge in [-0.05, 0) is 12.8 Å². The summed E-state index contributed by atoms with van der Waals surface area (Å²) in [6.07, 6.45) is 5.33. The maximum atomic E-state index is 12.4. The molecule has 126 valence electrons. The number of nitrogens with one attached hydrogen (secondary N) is 1. The normalized spacial score (nSPS) is 17.9. The highest BCUT2D eigenvalue weighted by Crippen LogP contribution is 2.31. The quantitative estimate of drug-likeness (QED) is 0.899. The van der Waals surface area contributed by atoms with Gasteiger partial charge in [-0.15, -0.1) is 11.8 Å². The molecule has 2 aliphatic rings. The molecule has 8 heteroatoms. The summed E-state index contributed by atoms with van der Waals surface area (Å²) in [7, 11) is 1.32. The molecule has 23 heavy (non-hydrogen) atoms. The van der Waals surface area contributed by atoms with Crippen LogP contribution in [0.25, 0.3) is 0 Å². The van der Waals surface area contributed by atoms with Gasteiger partial charge in [0, 0.05) is 23.1 Å². The van der Waals surface area contributed by atoms with E-state index < -0.39 is 6.09 Å². The lowest BCUT2D eigenvalue weighted by Crippen LogP contribution is -2.36. The summed E-state index contributed by atoms with van der Waals surface area (Å²) in [6, 6.07) is 0. The maximum Gasteiger partial charge on any atom is 0.413 e. The zero-order valence-corrected chi connectivity index (χ0v) is 14.8. The highest BCUT2D eigenvalue weighted by Gasteiger charge is 2.25. The molecule has 0 bridgehead atoms. The summed E-state index contributed by atoms with van der Waals surface area (Å²) in [5, 5.41) is 3.80. The Labute approximate surface area is 144 Å². The van der Waals surface area contributed by atoms with Gasteiger partial charge in [0.2, 0.25) is 5.91 Å². The van der Waals surface area contributed by atoms with Gasteiger partial charge >= 0.3 is 6.09 Å². The number of nitrogens with zero attached hydrogens (tertiary/aromatic N) is 2. The van der Waals surface area contributed by atoms with E-state index >= 15 is 0 Å². The van der Waals surface area contributed by atoms with Gasteiger partial charge in [0.05, 0.1) is 25.1 Å². The van der Waals surface area contributed by atoms with E-state index in [9.17, 15) is 9.59 Å². The number of methoxy groups -OCH3 is 1. The molecule has 1 saturated carbocycles. The average molecular weight is 355 g/mol. The van der Waals surface area contributed by atoms with E-state index in [0.717, 1.165) is 17.0 Å². The van der Waals surface area contributed by atoms with Crippen LogP contribution in [0.2, 0.25) is 0 Å². The van der Waals surface area contributed by atoms with E-state index in [1.54, 1.807) is 11.8 Å². The van der Waals surface area contributed by atoms with Crippen LogP contribution in [0.5, 0.6) is 0 Å². The van der Waals surface area contributed by atoms with Crippen molar-refractivity contribution in [2.45, 2.75) is 43.9 Å². The molecule has 3 rings (SSSR count). The number of aromatic nitrogens is 1. The van der Waals surface area contributed by atoms with Crippen molar-refractivity contribution in [2.24, 2.45) is 0 Å². The molecule has 6 nitrogen and oxygen atoms in total. The van der Waals surface area contributed by atoms with Crippen molar-refractivity contribution in [3.63, 3.8) is 0 Å². The van der Waals surface area contributed by atoms with E-state index in [4.69, 9.17) is 0 Å². The number of carbonyl (C=O) groups is 2. The lowest BCUT2D eigenvalue weighted by molar-refractivity contribution is -0.129. The molecule has 1 N–H and O–H groups in total. The van der Waals surface area contributed by atoms with Crippen molar-refractivity contribution in [1.82, 2.24) is 9.88 Å². The Morgan fingerprint density at radius 2 is 2.22 bits per heavy atom. The number of anilines is 1. The summed E-state index contributed by atoms with van der Waals surface area (Å²) < 4.78 is 4.58. The van der Waals surface area contributed by atoms with Crippen LogP contribution in [0.15, 0.2) is 0 Å². The molecule has 1 aromatic heterocycles. The van der Waals surface area contributed by atoms with E-state index in [1.165, 1.54) is 44.1 Å². The number of hydrogen-bond donors (Lipinski definition) is 1. The molecular formula is C15H21N3O3S2.